The Morgan fingerprint density at radius 3 is 2.41 bits per heavy atom. The third-order valence-electron chi connectivity index (χ3n) is 2.27. The lowest BCUT2D eigenvalue weighted by Crippen LogP contribution is -2.24. The average Bonchev–Trinajstić information content (AvgIpc) is 2.27. The van der Waals surface area contributed by atoms with E-state index in [1.807, 2.05) is 0 Å². The lowest BCUT2D eigenvalue weighted by atomic mass is 10.0. The molecule has 1 rings (SSSR count). The first-order valence-electron chi connectivity index (χ1n) is 5.27. The molecule has 1 aromatic rings. The number of hydrogen-bond donors (Lipinski definition) is 0. The van der Waals surface area contributed by atoms with Gasteiger partial charge in [0.1, 0.15) is 5.75 Å². The van der Waals surface area contributed by atoms with Crippen LogP contribution in [0.1, 0.15) is 29.8 Å². The molecule has 0 saturated heterocycles. The van der Waals surface area contributed by atoms with Crippen LogP contribution in [-0.2, 0) is 6.42 Å². The van der Waals surface area contributed by atoms with Gasteiger partial charge < -0.3 is 4.74 Å². The first kappa shape index (κ1) is 13.5. The molecule has 0 aliphatic heterocycles. The fraction of sp³-hybridized carbons (Fsp3) is 0.417. The zero-order valence-electron chi connectivity index (χ0n) is 9.60. The number of hydrogen-bond acceptors (Lipinski definition) is 2. The molecule has 0 saturated carbocycles. The zero-order chi connectivity index (χ0) is 13.1. The maximum Gasteiger partial charge on any atom is 0.454 e. The quantitative estimate of drug-likeness (QED) is 0.761. The van der Waals surface area contributed by atoms with Crippen molar-refractivity contribution in [1.82, 2.24) is 0 Å². The van der Waals surface area contributed by atoms with Crippen molar-refractivity contribution in [3.8, 4) is 5.75 Å². The molecular weight excluding hydrogens is 233 g/mol. The van der Waals surface area contributed by atoms with Crippen LogP contribution < -0.4 is 4.74 Å². The van der Waals surface area contributed by atoms with Crippen LogP contribution in [0.2, 0.25) is 0 Å². The van der Waals surface area contributed by atoms with Gasteiger partial charge in [-0.2, -0.15) is 13.2 Å². The number of ketones is 1. The van der Waals surface area contributed by atoms with Gasteiger partial charge >= 0.3 is 6.18 Å². The summed E-state index contributed by atoms with van der Waals surface area (Å²) in [5.74, 6) is -1.33. The molecule has 0 heterocycles. The zero-order valence-corrected chi connectivity index (χ0v) is 9.60. The number of aryl methyl sites for hydroxylation is 1. The first-order valence-corrected chi connectivity index (χ1v) is 5.27. The molecule has 0 radical (unpaired) electrons. The van der Waals surface area contributed by atoms with Crippen molar-refractivity contribution in [2.45, 2.75) is 26.4 Å². The maximum atomic E-state index is 12.3. The van der Waals surface area contributed by atoms with Crippen molar-refractivity contribution in [3.63, 3.8) is 0 Å². The van der Waals surface area contributed by atoms with E-state index in [4.69, 9.17) is 4.74 Å². The van der Waals surface area contributed by atoms with E-state index in [-0.39, 0.29) is 5.56 Å². The predicted molar refractivity (Wildman–Crippen MR) is 57.4 cm³/mol. The molecule has 0 N–H and O–H groups in total. The Morgan fingerprint density at radius 1 is 1.29 bits per heavy atom. The normalized spacial score (nSPS) is 11.4. The Balaban J connectivity index is 3.13. The summed E-state index contributed by atoms with van der Waals surface area (Å²) in [6.45, 7) is 3.90. The van der Waals surface area contributed by atoms with Gasteiger partial charge in [-0.3, -0.25) is 4.79 Å². The van der Waals surface area contributed by atoms with Gasteiger partial charge in [0.15, 0.2) is 0 Å². The Kier molecular flexibility index (Phi) is 4.15. The van der Waals surface area contributed by atoms with Crippen LogP contribution in [-0.4, -0.2) is 18.6 Å². The molecule has 94 valence electrons. The molecule has 0 bridgehead atoms. The van der Waals surface area contributed by atoms with E-state index < -0.39 is 12.0 Å². The van der Waals surface area contributed by atoms with Crippen LogP contribution >= 0.6 is 0 Å². The highest BCUT2D eigenvalue weighted by molar-refractivity contribution is 6.01. The summed E-state index contributed by atoms with van der Waals surface area (Å²) in [5, 5.41) is 0. The van der Waals surface area contributed by atoms with Gasteiger partial charge in [-0.25, -0.2) is 0 Å². The van der Waals surface area contributed by atoms with Gasteiger partial charge in [0.2, 0.25) is 0 Å². The second kappa shape index (κ2) is 5.21. The van der Waals surface area contributed by atoms with Crippen LogP contribution in [0, 0.1) is 0 Å². The van der Waals surface area contributed by atoms with E-state index in [0.717, 1.165) is 0 Å². The van der Waals surface area contributed by atoms with Gasteiger partial charge in [-0.1, -0.05) is 6.92 Å². The topological polar surface area (TPSA) is 26.3 Å². The lowest BCUT2D eigenvalue weighted by molar-refractivity contribution is -0.0885. The van der Waals surface area contributed by atoms with Crippen molar-refractivity contribution in [3.05, 3.63) is 29.3 Å². The predicted octanol–water partition coefficient (Wildman–Crippen LogP) is 3.39. The second-order valence-corrected chi connectivity index (χ2v) is 3.43. The molecule has 0 aliphatic carbocycles. The fourth-order valence-corrected chi connectivity index (χ4v) is 1.49. The lowest BCUT2D eigenvalue weighted by Gasteiger charge is -2.11. The first-order chi connectivity index (χ1) is 7.90. The van der Waals surface area contributed by atoms with E-state index in [9.17, 15) is 18.0 Å². The third kappa shape index (κ3) is 3.22. The van der Waals surface area contributed by atoms with Gasteiger partial charge in [-0.15, -0.1) is 0 Å². The molecule has 0 amide bonds. The van der Waals surface area contributed by atoms with Gasteiger partial charge in [0.05, 0.1) is 6.61 Å². The molecule has 0 fully saturated rings. The largest absolute Gasteiger partial charge is 0.494 e. The molecule has 0 atom stereocenters. The summed E-state index contributed by atoms with van der Waals surface area (Å²) in [6.07, 6.45) is -4.49. The van der Waals surface area contributed by atoms with Gasteiger partial charge in [-0.05, 0) is 37.1 Å². The Morgan fingerprint density at radius 2 is 1.94 bits per heavy atom. The molecular formula is C12H13F3O2. The van der Waals surface area contributed by atoms with Crippen molar-refractivity contribution in [2.75, 3.05) is 6.61 Å². The molecule has 0 aliphatic rings. The standard InChI is InChI=1S/C12H13F3O2/c1-3-8-7-9(17-4-2)5-6-10(8)11(16)12(13,14)15/h5-7H,3-4H2,1-2H3. The Hall–Kier alpha value is -1.52. The molecule has 1 aromatic carbocycles. The molecule has 5 heteroatoms. The minimum atomic E-state index is -4.84. The summed E-state index contributed by atoms with van der Waals surface area (Å²) in [6, 6.07) is 4.02. The van der Waals surface area contributed by atoms with Crippen LogP contribution in [0.3, 0.4) is 0 Å². The number of benzene rings is 1. The van der Waals surface area contributed by atoms with Gasteiger partial charge in [0, 0.05) is 5.56 Å². The summed E-state index contributed by atoms with van der Waals surface area (Å²) in [5.41, 5.74) is 0.0433. The minimum absolute atomic E-state index is 0.302. The van der Waals surface area contributed by atoms with E-state index in [2.05, 4.69) is 0 Å². The van der Waals surface area contributed by atoms with Crippen molar-refractivity contribution < 1.29 is 22.7 Å². The molecule has 17 heavy (non-hydrogen) atoms. The van der Waals surface area contributed by atoms with Crippen molar-refractivity contribution in [2.24, 2.45) is 0 Å². The number of ether oxygens (including phenoxy) is 1. The van der Waals surface area contributed by atoms with E-state index in [1.165, 1.54) is 18.2 Å². The highest BCUT2D eigenvalue weighted by Crippen LogP contribution is 2.26. The highest BCUT2D eigenvalue weighted by atomic mass is 19.4. The molecule has 2 nitrogen and oxygen atoms in total. The highest BCUT2D eigenvalue weighted by Gasteiger charge is 2.40. The number of alkyl halides is 3. The Labute approximate surface area is 97.4 Å². The Bertz CT molecular complexity index is 411. The smallest absolute Gasteiger partial charge is 0.454 e. The number of carbonyl (C=O) groups excluding carboxylic acids is 1. The number of carbonyl (C=O) groups is 1. The van der Waals surface area contributed by atoms with Crippen LogP contribution in [0.15, 0.2) is 18.2 Å². The van der Waals surface area contributed by atoms with E-state index >= 15 is 0 Å². The van der Waals surface area contributed by atoms with Crippen LogP contribution in [0.5, 0.6) is 5.75 Å². The van der Waals surface area contributed by atoms with E-state index in [0.29, 0.717) is 24.3 Å². The summed E-state index contributed by atoms with van der Waals surface area (Å²) < 4.78 is 42.1. The third-order valence-corrected chi connectivity index (χ3v) is 2.27. The minimum Gasteiger partial charge on any atom is -0.494 e. The average molecular weight is 246 g/mol. The van der Waals surface area contributed by atoms with Crippen molar-refractivity contribution in [1.29, 1.82) is 0 Å². The summed E-state index contributed by atoms with van der Waals surface area (Å²) >= 11 is 0. The molecule has 0 aromatic heterocycles. The van der Waals surface area contributed by atoms with E-state index in [1.54, 1.807) is 13.8 Å². The fourth-order valence-electron chi connectivity index (χ4n) is 1.49. The summed E-state index contributed by atoms with van der Waals surface area (Å²) in [7, 11) is 0. The number of halogens is 3. The number of rotatable bonds is 4. The van der Waals surface area contributed by atoms with Crippen LogP contribution in [0.25, 0.3) is 0 Å². The van der Waals surface area contributed by atoms with Crippen molar-refractivity contribution >= 4 is 5.78 Å². The maximum absolute atomic E-state index is 12.3. The SMILES string of the molecule is CCOc1ccc(C(=O)C(F)(F)F)c(CC)c1. The van der Waals surface area contributed by atoms with Crippen LogP contribution in [0.4, 0.5) is 13.2 Å². The monoisotopic (exact) mass is 246 g/mol. The number of Topliss-reactive ketones (excluding diaryl/α,β-unsaturated/α-hetero) is 1. The molecule has 0 unspecified atom stereocenters. The molecule has 0 spiro atoms. The second-order valence-electron chi connectivity index (χ2n) is 3.43. The summed E-state index contributed by atoms with van der Waals surface area (Å²) in [4.78, 5) is 11.1. The van der Waals surface area contributed by atoms with Gasteiger partial charge in [0.25, 0.3) is 5.78 Å².